The van der Waals surface area contributed by atoms with Crippen LogP contribution in [0.3, 0.4) is 0 Å². The van der Waals surface area contributed by atoms with E-state index in [1.165, 1.54) is 16.1 Å². The quantitative estimate of drug-likeness (QED) is 0.625. The lowest BCUT2D eigenvalue weighted by Gasteiger charge is -2.32. The van der Waals surface area contributed by atoms with Gasteiger partial charge in [-0.25, -0.2) is 8.42 Å². The molecule has 1 aliphatic rings. The van der Waals surface area contributed by atoms with Gasteiger partial charge in [-0.15, -0.1) is 0 Å². The Morgan fingerprint density at radius 1 is 1.07 bits per heavy atom. The number of benzene rings is 1. The first-order valence-electron chi connectivity index (χ1n) is 9.77. The summed E-state index contributed by atoms with van der Waals surface area (Å²) in [5, 5.41) is 0.729. The molecule has 1 aromatic heterocycles. The van der Waals surface area contributed by atoms with Crippen LogP contribution in [-0.2, 0) is 23.0 Å². The van der Waals surface area contributed by atoms with E-state index in [0.29, 0.717) is 32.7 Å². The average Bonchev–Trinajstić information content (AvgIpc) is 2.95. The number of hydrogen-bond donors (Lipinski definition) is 0. The number of aryl methyl sites for hydroxylation is 2. The number of halogens is 1. The van der Waals surface area contributed by atoms with Crippen molar-refractivity contribution >= 4 is 27.4 Å². The minimum Gasteiger partial charge on any atom is -0.348 e. The van der Waals surface area contributed by atoms with E-state index in [-0.39, 0.29) is 5.78 Å². The molecule has 0 radical (unpaired) electrons. The smallest absolute Gasteiger partial charge is 0.211 e. The molecule has 0 saturated carbocycles. The van der Waals surface area contributed by atoms with Crippen LogP contribution in [0.5, 0.6) is 0 Å². The third kappa shape index (κ3) is 5.48. The van der Waals surface area contributed by atoms with Gasteiger partial charge < -0.3 is 4.57 Å². The summed E-state index contributed by atoms with van der Waals surface area (Å²) in [6, 6.07) is 9.80. The third-order valence-electron chi connectivity index (χ3n) is 5.58. The molecule has 1 aromatic carbocycles. The second-order valence-electron chi connectivity index (χ2n) is 7.67. The van der Waals surface area contributed by atoms with Gasteiger partial charge in [0.15, 0.2) is 5.78 Å². The molecule has 158 valence electrons. The SMILES string of the molecule is Cc1cc(C(=O)CN2CCN(S(C)(=O)=O)CC2)c(C)n1CCc1ccc(Cl)cc1. The van der Waals surface area contributed by atoms with Gasteiger partial charge in [0.2, 0.25) is 10.0 Å². The highest BCUT2D eigenvalue weighted by Gasteiger charge is 2.25. The van der Waals surface area contributed by atoms with Gasteiger partial charge in [0, 0.05) is 54.7 Å². The summed E-state index contributed by atoms with van der Waals surface area (Å²) in [6.07, 6.45) is 2.10. The molecule has 0 atom stereocenters. The molecular weight excluding hydrogens is 410 g/mol. The Morgan fingerprint density at radius 2 is 1.69 bits per heavy atom. The van der Waals surface area contributed by atoms with Gasteiger partial charge in [-0.05, 0) is 44.0 Å². The number of piperazine rings is 1. The molecule has 1 fully saturated rings. The van der Waals surface area contributed by atoms with Crippen molar-refractivity contribution in [3.8, 4) is 0 Å². The fourth-order valence-corrected chi connectivity index (χ4v) is 4.78. The second-order valence-corrected chi connectivity index (χ2v) is 10.1. The highest BCUT2D eigenvalue weighted by molar-refractivity contribution is 7.88. The van der Waals surface area contributed by atoms with Crippen LogP contribution in [0.2, 0.25) is 5.02 Å². The van der Waals surface area contributed by atoms with Gasteiger partial charge in [0.05, 0.1) is 12.8 Å². The molecule has 6 nitrogen and oxygen atoms in total. The maximum Gasteiger partial charge on any atom is 0.211 e. The van der Waals surface area contributed by atoms with E-state index < -0.39 is 10.0 Å². The Balaban J connectivity index is 1.61. The summed E-state index contributed by atoms with van der Waals surface area (Å²) in [5.74, 6) is 0.0867. The van der Waals surface area contributed by atoms with E-state index in [4.69, 9.17) is 11.6 Å². The molecule has 29 heavy (non-hydrogen) atoms. The first-order valence-corrected chi connectivity index (χ1v) is 12.0. The maximum absolute atomic E-state index is 12.9. The first kappa shape index (κ1) is 22.0. The van der Waals surface area contributed by atoms with E-state index in [9.17, 15) is 13.2 Å². The normalized spacial score (nSPS) is 16.3. The Bertz CT molecular complexity index is 975. The first-order chi connectivity index (χ1) is 13.6. The van der Waals surface area contributed by atoms with E-state index in [0.717, 1.165) is 34.9 Å². The lowest BCUT2D eigenvalue weighted by Crippen LogP contribution is -2.49. The monoisotopic (exact) mass is 437 g/mol. The van der Waals surface area contributed by atoms with Crippen molar-refractivity contribution in [1.82, 2.24) is 13.8 Å². The number of ketones is 1. The molecule has 0 unspecified atom stereocenters. The standard InChI is InChI=1S/C21H28ClN3O3S/c1-16-14-20(17(2)25(16)9-8-18-4-6-19(22)7-5-18)21(26)15-23-10-12-24(13-11-23)29(3,27)28/h4-7,14H,8-13,15H2,1-3H3. The maximum atomic E-state index is 12.9. The molecule has 8 heteroatoms. The molecule has 0 N–H and O–H groups in total. The summed E-state index contributed by atoms with van der Waals surface area (Å²) >= 11 is 5.95. The fourth-order valence-electron chi connectivity index (χ4n) is 3.83. The Hall–Kier alpha value is -1.67. The Kier molecular flexibility index (Phi) is 6.83. The topological polar surface area (TPSA) is 62.6 Å². The second kappa shape index (κ2) is 9.00. The lowest BCUT2D eigenvalue weighted by atomic mass is 10.1. The molecule has 0 aliphatic carbocycles. The van der Waals surface area contributed by atoms with Crippen LogP contribution in [0.15, 0.2) is 30.3 Å². The van der Waals surface area contributed by atoms with Crippen molar-refractivity contribution in [2.75, 3.05) is 39.0 Å². The zero-order valence-electron chi connectivity index (χ0n) is 17.2. The number of Topliss-reactive ketones (excluding diaryl/α,β-unsaturated/α-hetero) is 1. The van der Waals surface area contributed by atoms with Gasteiger partial charge in [0.25, 0.3) is 0 Å². The minimum absolute atomic E-state index is 0.0867. The van der Waals surface area contributed by atoms with Crippen LogP contribution >= 0.6 is 11.6 Å². The number of carbonyl (C=O) groups excluding carboxylic acids is 1. The number of rotatable bonds is 7. The molecular formula is C21H28ClN3O3S. The van der Waals surface area contributed by atoms with Crippen molar-refractivity contribution in [3.05, 3.63) is 57.9 Å². The van der Waals surface area contributed by atoms with Gasteiger partial charge in [-0.1, -0.05) is 23.7 Å². The number of sulfonamides is 1. The predicted molar refractivity (Wildman–Crippen MR) is 116 cm³/mol. The molecule has 1 aliphatic heterocycles. The lowest BCUT2D eigenvalue weighted by molar-refractivity contribution is 0.0901. The fraction of sp³-hybridized carbons (Fsp3) is 0.476. The highest BCUT2D eigenvalue weighted by Crippen LogP contribution is 2.18. The van der Waals surface area contributed by atoms with Crippen molar-refractivity contribution < 1.29 is 13.2 Å². The molecule has 1 saturated heterocycles. The average molecular weight is 438 g/mol. The van der Waals surface area contributed by atoms with Crippen LogP contribution < -0.4 is 0 Å². The van der Waals surface area contributed by atoms with Crippen LogP contribution in [0, 0.1) is 13.8 Å². The number of aromatic nitrogens is 1. The van der Waals surface area contributed by atoms with Crippen LogP contribution in [0.4, 0.5) is 0 Å². The van der Waals surface area contributed by atoms with Gasteiger partial charge >= 0.3 is 0 Å². The summed E-state index contributed by atoms with van der Waals surface area (Å²) in [4.78, 5) is 14.9. The number of carbonyl (C=O) groups is 1. The van der Waals surface area contributed by atoms with E-state index in [2.05, 4.69) is 4.57 Å². The largest absolute Gasteiger partial charge is 0.348 e. The molecule has 0 amide bonds. The van der Waals surface area contributed by atoms with Gasteiger partial charge in [-0.3, -0.25) is 9.69 Å². The molecule has 0 bridgehead atoms. The van der Waals surface area contributed by atoms with Crippen LogP contribution in [-0.4, -0.2) is 67.0 Å². The summed E-state index contributed by atoms with van der Waals surface area (Å²) in [7, 11) is -3.16. The molecule has 2 aromatic rings. The van der Waals surface area contributed by atoms with Crippen LogP contribution in [0.25, 0.3) is 0 Å². The van der Waals surface area contributed by atoms with Crippen molar-refractivity contribution in [2.45, 2.75) is 26.8 Å². The number of hydrogen-bond acceptors (Lipinski definition) is 4. The molecule has 3 rings (SSSR count). The summed E-state index contributed by atoms with van der Waals surface area (Å²) in [5.41, 5.74) is 4.01. The van der Waals surface area contributed by atoms with Crippen LogP contribution in [0.1, 0.15) is 27.3 Å². The van der Waals surface area contributed by atoms with Crippen molar-refractivity contribution in [1.29, 1.82) is 0 Å². The summed E-state index contributed by atoms with van der Waals surface area (Å²) < 4.78 is 26.9. The van der Waals surface area contributed by atoms with Crippen molar-refractivity contribution in [3.63, 3.8) is 0 Å². The summed E-state index contributed by atoms with van der Waals surface area (Å²) in [6.45, 7) is 7.17. The third-order valence-corrected chi connectivity index (χ3v) is 7.13. The highest BCUT2D eigenvalue weighted by atomic mass is 35.5. The van der Waals surface area contributed by atoms with Gasteiger partial charge in [0.1, 0.15) is 0 Å². The molecule has 0 spiro atoms. The van der Waals surface area contributed by atoms with E-state index >= 15 is 0 Å². The van der Waals surface area contributed by atoms with E-state index in [1.54, 1.807) is 0 Å². The minimum atomic E-state index is -3.16. The zero-order chi connectivity index (χ0) is 21.2. The molecule has 2 heterocycles. The van der Waals surface area contributed by atoms with E-state index in [1.807, 2.05) is 49.1 Å². The van der Waals surface area contributed by atoms with Gasteiger partial charge in [-0.2, -0.15) is 4.31 Å². The van der Waals surface area contributed by atoms with Crippen molar-refractivity contribution in [2.24, 2.45) is 0 Å². The predicted octanol–water partition coefficient (Wildman–Crippen LogP) is 2.76. The Labute approximate surface area is 178 Å². The number of nitrogens with zero attached hydrogens (tertiary/aromatic N) is 3. The zero-order valence-corrected chi connectivity index (χ0v) is 18.8. The Morgan fingerprint density at radius 3 is 2.28 bits per heavy atom.